The molecule has 0 bridgehead atoms. The average Bonchev–Trinajstić information content (AvgIpc) is 2.61. The molecular formula is C19H21F3N4O. The number of rotatable bonds is 3. The van der Waals surface area contributed by atoms with Crippen LogP contribution >= 0.6 is 0 Å². The Hall–Kier alpha value is -2.64. The molecule has 2 aromatic rings. The summed E-state index contributed by atoms with van der Waals surface area (Å²) >= 11 is 0. The molecule has 1 aliphatic heterocycles. The number of hydrogen-bond donors (Lipinski definition) is 1. The summed E-state index contributed by atoms with van der Waals surface area (Å²) in [5, 5.41) is 2.94. The fraction of sp³-hybridized carbons (Fsp3) is 0.421. The van der Waals surface area contributed by atoms with E-state index in [1.165, 1.54) is 18.2 Å². The van der Waals surface area contributed by atoms with Gasteiger partial charge in [-0.2, -0.15) is 13.2 Å². The molecule has 0 atom stereocenters. The lowest BCUT2D eigenvalue weighted by Gasteiger charge is -2.30. The predicted octanol–water partition coefficient (Wildman–Crippen LogP) is 4.42. The summed E-state index contributed by atoms with van der Waals surface area (Å²) in [5.41, 5.74) is 0.0138. The van der Waals surface area contributed by atoms with Gasteiger partial charge in [-0.05, 0) is 49.9 Å². The Kier molecular flexibility index (Phi) is 5.34. The lowest BCUT2D eigenvalue weighted by molar-refractivity contribution is -0.137. The number of benzene rings is 1. The zero-order valence-corrected chi connectivity index (χ0v) is 15.2. The van der Waals surface area contributed by atoms with Crippen LogP contribution < -0.4 is 5.32 Å². The van der Waals surface area contributed by atoms with E-state index in [9.17, 15) is 18.0 Å². The van der Waals surface area contributed by atoms with Gasteiger partial charge in [-0.25, -0.2) is 9.97 Å². The molecule has 0 unspecified atom stereocenters. The van der Waals surface area contributed by atoms with Gasteiger partial charge in [0.05, 0.1) is 5.56 Å². The quantitative estimate of drug-likeness (QED) is 0.859. The number of carbonyl (C=O) groups is 1. The second kappa shape index (κ2) is 7.54. The van der Waals surface area contributed by atoms with Crippen LogP contribution in [-0.2, 0) is 6.18 Å². The first-order valence-corrected chi connectivity index (χ1v) is 8.81. The van der Waals surface area contributed by atoms with E-state index in [1.54, 1.807) is 11.8 Å². The van der Waals surface area contributed by atoms with Crippen LogP contribution in [0.3, 0.4) is 0 Å². The number of halogens is 3. The molecule has 1 fully saturated rings. The smallest absolute Gasteiger partial charge is 0.340 e. The summed E-state index contributed by atoms with van der Waals surface area (Å²) in [6.07, 6.45) is -2.45. The third-order valence-electron chi connectivity index (χ3n) is 4.61. The van der Waals surface area contributed by atoms with Crippen molar-refractivity contribution in [3.8, 4) is 0 Å². The highest BCUT2D eigenvalue weighted by Gasteiger charge is 2.30. The highest BCUT2D eigenvalue weighted by Crippen LogP contribution is 2.30. The van der Waals surface area contributed by atoms with Crippen LogP contribution in [0, 0.1) is 12.8 Å². The van der Waals surface area contributed by atoms with E-state index >= 15 is 0 Å². The maximum Gasteiger partial charge on any atom is 0.416 e. The van der Waals surface area contributed by atoms with Gasteiger partial charge in [0.1, 0.15) is 17.3 Å². The number of nitrogens with zero attached hydrogens (tertiary/aromatic N) is 3. The fourth-order valence-electron chi connectivity index (χ4n) is 3.01. The van der Waals surface area contributed by atoms with E-state index < -0.39 is 11.7 Å². The molecule has 27 heavy (non-hydrogen) atoms. The molecule has 8 heteroatoms. The zero-order valence-electron chi connectivity index (χ0n) is 15.2. The summed E-state index contributed by atoms with van der Waals surface area (Å²) < 4.78 is 38.0. The van der Waals surface area contributed by atoms with Gasteiger partial charge in [0, 0.05) is 24.8 Å². The summed E-state index contributed by atoms with van der Waals surface area (Å²) in [4.78, 5) is 22.9. The van der Waals surface area contributed by atoms with Gasteiger partial charge in [0.25, 0.3) is 5.91 Å². The molecule has 1 aromatic carbocycles. The molecule has 1 aromatic heterocycles. The predicted molar refractivity (Wildman–Crippen MR) is 95.8 cm³/mol. The maximum atomic E-state index is 12.7. The molecule has 1 saturated heterocycles. The average molecular weight is 378 g/mol. The van der Waals surface area contributed by atoms with E-state index in [1.807, 2.05) is 0 Å². The van der Waals surface area contributed by atoms with Crippen LogP contribution in [0.2, 0.25) is 0 Å². The molecule has 0 saturated carbocycles. The third-order valence-corrected chi connectivity index (χ3v) is 4.61. The highest BCUT2D eigenvalue weighted by atomic mass is 19.4. The van der Waals surface area contributed by atoms with Crippen LogP contribution in [0.1, 0.15) is 41.6 Å². The molecule has 1 aliphatic rings. The fourth-order valence-corrected chi connectivity index (χ4v) is 3.01. The van der Waals surface area contributed by atoms with Crippen molar-refractivity contribution >= 4 is 17.4 Å². The summed E-state index contributed by atoms with van der Waals surface area (Å²) in [6, 6.07) is 6.18. The van der Waals surface area contributed by atoms with Crippen LogP contribution in [0.4, 0.5) is 24.7 Å². The normalized spacial score (nSPS) is 15.7. The number of piperidine rings is 1. The Bertz CT molecular complexity index is 813. The summed E-state index contributed by atoms with van der Waals surface area (Å²) in [5.74, 6) is 1.25. The molecule has 1 N–H and O–H groups in total. The van der Waals surface area contributed by atoms with Crippen LogP contribution in [0.15, 0.2) is 30.3 Å². The largest absolute Gasteiger partial charge is 0.416 e. The third kappa shape index (κ3) is 4.75. The minimum atomic E-state index is -4.38. The van der Waals surface area contributed by atoms with Crippen molar-refractivity contribution in [3.63, 3.8) is 0 Å². The van der Waals surface area contributed by atoms with Crippen molar-refractivity contribution in [2.75, 3.05) is 18.4 Å². The van der Waals surface area contributed by atoms with Gasteiger partial charge in [0.2, 0.25) is 0 Å². The number of nitrogens with one attached hydrogen (secondary N) is 1. The molecule has 0 spiro atoms. The molecule has 2 heterocycles. The number of hydrogen-bond acceptors (Lipinski definition) is 4. The lowest BCUT2D eigenvalue weighted by atomic mass is 9.99. The van der Waals surface area contributed by atoms with E-state index in [2.05, 4.69) is 22.2 Å². The van der Waals surface area contributed by atoms with Gasteiger partial charge in [-0.15, -0.1) is 0 Å². The number of aromatic nitrogens is 2. The summed E-state index contributed by atoms with van der Waals surface area (Å²) in [6.45, 7) is 5.24. The molecular weight excluding hydrogens is 357 g/mol. The summed E-state index contributed by atoms with van der Waals surface area (Å²) in [7, 11) is 0. The SMILES string of the molecule is Cc1nc(Nc2ccc(C(F)(F)F)cc2)cc(C(=O)N2CCC(C)CC2)n1. The number of anilines is 2. The van der Waals surface area contributed by atoms with Gasteiger partial charge in [0.15, 0.2) is 0 Å². The monoisotopic (exact) mass is 378 g/mol. The van der Waals surface area contributed by atoms with Gasteiger partial charge < -0.3 is 10.2 Å². The topological polar surface area (TPSA) is 58.1 Å². The Morgan fingerprint density at radius 2 is 1.78 bits per heavy atom. The minimum Gasteiger partial charge on any atom is -0.340 e. The Labute approximate surface area is 155 Å². The maximum absolute atomic E-state index is 12.7. The molecule has 144 valence electrons. The van der Waals surface area contributed by atoms with Crippen molar-refractivity contribution < 1.29 is 18.0 Å². The number of likely N-dealkylation sites (tertiary alicyclic amines) is 1. The first-order chi connectivity index (χ1) is 12.7. The zero-order chi connectivity index (χ0) is 19.6. The first kappa shape index (κ1) is 19.1. The van der Waals surface area contributed by atoms with E-state index in [4.69, 9.17) is 0 Å². The molecule has 1 amide bonds. The standard InChI is InChI=1S/C19H21F3N4O/c1-12-7-9-26(10-8-12)18(27)16-11-17(24-13(2)23-16)25-15-5-3-14(4-6-15)19(20,21)22/h3-6,11-12H,7-10H2,1-2H3,(H,23,24,25). The van der Waals surface area contributed by atoms with Crippen molar-refractivity contribution in [1.82, 2.24) is 14.9 Å². The Morgan fingerprint density at radius 3 is 2.37 bits per heavy atom. The van der Waals surface area contributed by atoms with Crippen LogP contribution in [0.25, 0.3) is 0 Å². The first-order valence-electron chi connectivity index (χ1n) is 8.81. The second-order valence-corrected chi connectivity index (χ2v) is 6.86. The van der Waals surface area contributed by atoms with Crippen molar-refractivity contribution in [2.45, 2.75) is 32.9 Å². The molecule has 3 rings (SSSR count). The molecule has 0 radical (unpaired) electrons. The number of alkyl halides is 3. The van der Waals surface area contributed by atoms with E-state index in [0.717, 1.165) is 25.0 Å². The van der Waals surface area contributed by atoms with Crippen molar-refractivity contribution in [3.05, 3.63) is 47.4 Å². The van der Waals surface area contributed by atoms with E-state index in [-0.39, 0.29) is 11.6 Å². The Balaban J connectivity index is 1.76. The number of amides is 1. The number of carbonyl (C=O) groups excluding carboxylic acids is 1. The van der Waals surface area contributed by atoms with Gasteiger partial charge >= 0.3 is 6.18 Å². The van der Waals surface area contributed by atoms with Crippen LogP contribution in [0.5, 0.6) is 0 Å². The van der Waals surface area contributed by atoms with Gasteiger partial charge in [-0.3, -0.25) is 4.79 Å². The van der Waals surface area contributed by atoms with Crippen LogP contribution in [-0.4, -0.2) is 33.9 Å². The Morgan fingerprint density at radius 1 is 1.15 bits per heavy atom. The highest BCUT2D eigenvalue weighted by molar-refractivity contribution is 5.93. The lowest BCUT2D eigenvalue weighted by Crippen LogP contribution is -2.38. The van der Waals surface area contributed by atoms with E-state index in [0.29, 0.717) is 36.3 Å². The molecule has 0 aliphatic carbocycles. The molecule has 5 nitrogen and oxygen atoms in total. The van der Waals surface area contributed by atoms with Gasteiger partial charge in [-0.1, -0.05) is 6.92 Å². The van der Waals surface area contributed by atoms with Crippen molar-refractivity contribution in [1.29, 1.82) is 0 Å². The second-order valence-electron chi connectivity index (χ2n) is 6.86. The minimum absolute atomic E-state index is 0.150. The number of aryl methyl sites for hydroxylation is 1. The van der Waals surface area contributed by atoms with Crippen molar-refractivity contribution in [2.24, 2.45) is 5.92 Å².